The van der Waals surface area contributed by atoms with Gasteiger partial charge in [-0.2, -0.15) is 0 Å². The van der Waals surface area contributed by atoms with Gasteiger partial charge in [-0.3, -0.25) is 0 Å². The van der Waals surface area contributed by atoms with Crippen LogP contribution >= 0.6 is 0 Å². The van der Waals surface area contributed by atoms with Crippen LogP contribution < -0.4 is 0 Å². The number of aromatic nitrogens is 1. The van der Waals surface area contributed by atoms with E-state index in [0.717, 1.165) is 55.4 Å². The number of nitrogens with zero attached hydrogens (tertiary/aromatic N) is 1. The van der Waals surface area contributed by atoms with Crippen LogP contribution in [-0.2, 0) is 0 Å². The number of benzene rings is 9. The van der Waals surface area contributed by atoms with E-state index in [1.165, 1.54) is 49.6 Å². The molecule has 2 heteroatoms. The van der Waals surface area contributed by atoms with Crippen LogP contribution in [0.4, 0.5) is 0 Å². The highest BCUT2D eigenvalue weighted by atomic mass is 16.3. The highest BCUT2D eigenvalue weighted by molar-refractivity contribution is 6.18. The Bertz CT molecular complexity index is 3130. The highest BCUT2D eigenvalue weighted by Crippen LogP contribution is 2.46. The van der Waals surface area contributed by atoms with Crippen molar-refractivity contribution in [2.24, 2.45) is 0 Å². The molecule has 11 rings (SSSR count). The lowest BCUT2D eigenvalue weighted by Crippen LogP contribution is -1.98. The Morgan fingerprint density at radius 3 is 1.41 bits per heavy atom. The third kappa shape index (κ3) is 5.19. The fourth-order valence-electron chi connectivity index (χ4n) is 8.65. The third-order valence-corrected chi connectivity index (χ3v) is 11.2. The molecule has 2 heterocycles. The molecule has 0 spiro atoms. The van der Waals surface area contributed by atoms with Gasteiger partial charge in [-0.25, -0.2) is 0 Å². The molecule has 2 aromatic heterocycles. The van der Waals surface area contributed by atoms with Crippen molar-refractivity contribution in [2.75, 3.05) is 0 Å². The monoisotopic (exact) mass is 713 g/mol. The standard InChI is InChI=1S/C54H35NO/c1-4-16-36(17-5-1)39-28-32-50-47(34-39)48-35-40(37-18-6-2-7-19-37)29-33-51(48)55(50)49-26-14-12-24-44(49)42-22-10-11-23-43(42)45-31-30-41(38-20-8-3-9-21-38)54-53(45)46-25-13-15-27-52(46)56-54/h1-35H. The quantitative estimate of drug-likeness (QED) is 0.168. The summed E-state index contributed by atoms with van der Waals surface area (Å²) in [6.45, 7) is 0. The van der Waals surface area contributed by atoms with Crippen LogP contribution in [0, 0.1) is 0 Å². The van der Waals surface area contributed by atoms with Gasteiger partial charge in [-0.1, -0.05) is 170 Å². The zero-order chi connectivity index (χ0) is 37.0. The minimum Gasteiger partial charge on any atom is -0.455 e. The van der Waals surface area contributed by atoms with E-state index in [0.29, 0.717) is 0 Å². The van der Waals surface area contributed by atoms with E-state index in [-0.39, 0.29) is 0 Å². The van der Waals surface area contributed by atoms with Crippen molar-refractivity contribution in [3.63, 3.8) is 0 Å². The van der Waals surface area contributed by atoms with Crippen molar-refractivity contribution in [1.82, 2.24) is 4.57 Å². The molecule has 0 aliphatic carbocycles. The largest absolute Gasteiger partial charge is 0.455 e. The maximum atomic E-state index is 6.70. The van der Waals surface area contributed by atoms with Gasteiger partial charge in [0.05, 0.1) is 16.7 Å². The average Bonchev–Trinajstić information content (AvgIpc) is 3.83. The first-order valence-corrected chi connectivity index (χ1v) is 19.2. The minimum atomic E-state index is 0.889. The molecule has 0 atom stereocenters. The molecule has 0 aliphatic rings. The zero-order valence-electron chi connectivity index (χ0n) is 30.6. The summed E-state index contributed by atoms with van der Waals surface area (Å²) in [7, 11) is 0. The lowest BCUT2D eigenvalue weighted by molar-refractivity contribution is 0.670. The summed E-state index contributed by atoms with van der Waals surface area (Å²) in [5, 5.41) is 4.70. The first-order valence-electron chi connectivity index (χ1n) is 19.2. The van der Waals surface area contributed by atoms with Gasteiger partial charge in [0, 0.05) is 32.7 Å². The predicted molar refractivity (Wildman–Crippen MR) is 235 cm³/mol. The minimum absolute atomic E-state index is 0.889. The fourth-order valence-corrected chi connectivity index (χ4v) is 8.65. The van der Waals surface area contributed by atoms with Crippen LogP contribution in [0.5, 0.6) is 0 Å². The van der Waals surface area contributed by atoms with Gasteiger partial charge in [0.25, 0.3) is 0 Å². The molecule has 2 nitrogen and oxygen atoms in total. The molecule has 0 bridgehead atoms. The number of hydrogen-bond acceptors (Lipinski definition) is 1. The Morgan fingerprint density at radius 1 is 0.304 bits per heavy atom. The molecule has 262 valence electrons. The van der Waals surface area contributed by atoms with E-state index in [2.05, 4.69) is 211 Å². The van der Waals surface area contributed by atoms with Gasteiger partial charge in [0.1, 0.15) is 11.2 Å². The van der Waals surface area contributed by atoms with Gasteiger partial charge in [0.2, 0.25) is 0 Å². The van der Waals surface area contributed by atoms with E-state index < -0.39 is 0 Å². The molecular weight excluding hydrogens is 679 g/mol. The lowest BCUT2D eigenvalue weighted by Gasteiger charge is -2.18. The van der Waals surface area contributed by atoms with Crippen molar-refractivity contribution in [3.8, 4) is 61.3 Å². The van der Waals surface area contributed by atoms with Gasteiger partial charge >= 0.3 is 0 Å². The van der Waals surface area contributed by atoms with E-state index in [1.54, 1.807) is 0 Å². The molecule has 0 N–H and O–H groups in total. The number of para-hydroxylation sites is 2. The van der Waals surface area contributed by atoms with E-state index in [1.807, 2.05) is 6.07 Å². The summed E-state index contributed by atoms with van der Waals surface area (Å²) in [5.41, 5.74) is 17.0. The van der Waals surface area contributed by atoms with Crippen LogP contribution in [0.2, 0.25) is 0 Å². The number of rotatable bonds is 6. The van der Waals surface area contributed by atoms with Crippen LogP contribution in [0.1, 0.15) is 0 Å². The average molecular weight is 714 g/mol. The van der Waals surface area contributed by atoms with Gasteiger partial charge in [-0.05, 0) is 87.0 Å². The molecule has 0 saturated heterocycles. The SMILES string of the molecule is c1ccc(-c2ccc3c(c2)c2cc(-c4ccccc4)ccc2n3-c2ccccc2-c2ccccc2-c2ccc(-c3ccccc3)c3oc4ccccc4c23)cc1. The second-order valence-corrected chi connectivity index (χ2v) is 14.4. The Balaban J connectivity index is 1.16. The molecule has 0 amide bonds. The van der Waals surface area contributed by atoms with Gasteiger partial charge in [-0.15, -0.1) is 0 Å². The molecule has 56 heavy (non-hydrogen) atoms. The number of hydrogen-bond donors (Lipinski definition) is 0. The van der Waals surface area contributed by atoms with Crippen LogP contribution in [0.25, 0.3) is 105 Å². The number of fused-ring (bicyclic) bond motifs is 6. The zero-order valence-corrected chi connectivity index (χ0v) is 30.6. The van der Waals surface area contributed by atoms with Crippen LogP contribution in [-0.4, -0.2) is 4.57 Å². The molecule has 11 aromatic rings. The molecule has 0 aliphatic heterocycles. The topological polar surface area (TPSA) is 18.1 Å². The Hall–Kier alpha value is -7.42. The van der Waals surface area contributed by atoms with E-state index >= 15 is 0 Å². The molecule has 0 radical (unpaired) electrons. The summed E-state index contributed by atoms with van der Waals surface area (Å²) < 4.78 is 9.16. The second kappa shape index (κ2) is 13.2. The van der Waals surface area contributed by atoms with Gasteiger partial charge in [0.15, 0.2) is 0 Å². The van der Waals surface area contributed by atoms with E-state index in [4.69, 9.17) is 4.42 Å². The molecule has 0 saturated carbocycles. The van der Waals surface area contributed by atoms with Crippen LogP contribution in [0.15, 0.2) is 217 Å². The normalized spacial score (nSPS) is 11.6. The Morgan fingerprint density at radius 2 is 0.786 bits per heavy atom. The first kappa shape index (κ1) is 32.0. The van der Waals surface area contributed by atoms with E-state index in [9.17, 15) is 0 Å². The fraction of sp³-hybridized carbons (Fsp3) is 0. The van der Waals surface area contributed by atoms with Gasteiger partial charge < -0.3 is 8.98 Å². The second-order valence-electron chi connectivity index (χ2n) is 14.4. The number of furan rings is 1. The maximum absolute atomic E-state index is 6.70. The molecule has 9 aromatic carbocycles. The van der Waals surface area contributed by atoms with Crippen molar-refractivity contribution in [2.45, 2.75) is 0 Å². The van der Waals surface area contributed by atoms with Crippen molar-refractivity contribution < 1.29 is 4.42 Å². The van der Waals surface area contributed by atoms with Crippen molar-refractivity contribution >= 4 is 43.7 Å². The van der Waals surface area contributed by atoms with Crippen molar-refractivity contribution in [1.29, 1.82) is 0 Å². The Labute approximate surface area is 325 Å². The summed E-state index contributed by atoms with van der Waals surface area (Å²) in [6, 6.07) is 76.3. The summed E-state index contributed by atoms with van der Waals surface area (Å²) in [4.78, 5) is 0. The predicted octanol–water partition coefficient (Wildman–Crippen LogP) is 15.0. The Kier molecular flexibility index (Phi) is 7.53. The van der Waals surface area contributed by atoms with Crippen molar-refractivity contribution in [3.05, 3.63) is 212 Å². The smallest absolute Gasteiger partial charge is 0.143 e. The van der Waals surface area contributed by atoms with Crippen LogP contribution in [0.3, 0.4) is 0 Å². The molecule has 0 fully saturated rings. The summed E-state index contributed by atoms with van der Waals surface area (Å²) >= 11 is 0. The summed E-state index contributed by atoms with van der Waals surface area (Å²) in [6.07, 6.45) is 0. The molecule has 0 unspecified atom stereocenters. The summed E-state index contributed by atoms with van der Waals surface area (Å²) in [5.74, 6) is 0. The highest BCUT2D eigenvalue weighted by Gasteiger charge is 2.22. The first-order chi connectivity index (χ1) is 27.8. The maximum Gasteiger partial charge on any atom is 0.143 e. The third-order valence-electron chi connectivity index (χ3n) is 11.2. The molecular formula is C54H35NO. The lowest BCUT2D eigenvalue weighted by atomic mass is 9.89.